The first-order valence-electron chi connectivity index (χ1n) is 6.27. The van der Waals surface area contributed by atoms with Gasteiger partial charge in [0, 0.05) is 29.4 Å². The molecule has 0 N–H and O–H groups in total. The number of hydrogen-bond donors (Lipinski definition) is 0. The van der Waals surface area contributed by atoms with Crippen LogP contribution in [0.25, 0.3) is 4.91 Å². The molecule has 1 aromatic heterocycles. The molecule has 2 aromatic rings. The molecular weight excluding hydrogens is 316 g/mol. The Hall–Kier alpha value is -2.47. The molecule has 1 aromatic carbocycles. The smallest absolute Gasteiger partial charge is 0.172 e. The first kappa shape index (κ1) is 15.9. The van der Waals surface area contributed by atoms with E-state index < -0.39 is 0 Å². The average Bonchev–Trinajstić information content (AvgIpc) is 2.93. The van der Waals surface area contributed by atoms with Crippen LogP contribution in [0, 0.1) is 22.7 Å². The van der Waals surface area contributed by atoms with Crippen molar-refractivity contribution in [2.75, 3.05) is 0 Å². The van der Waals surface area contributed by atoms with Crippen LogP contribution in [0.15, 0.2) is 59.5 Å². The Bertz CT molecular complexity index is 788. The molecule has 22 heavy (non-hydrogen) atoms. The minimum absolute atomic E-state index is 0.0481. The van der Waals surface area contributed by atoms with Crippen LogP contribution in [0.2, 0.25) is 5.02 Å². The maximum absolute atomic E-state index is 8.84. The van der Waals surface area contributed by atoms with Gasteiger partial charge in [-0.2, -0.15) is 10.5 Å². The SMILES string of the molecule is Cn1ccnc1S/C(=C/C=C(C#N)C#N)c1ccc(Cl)cc1. The van der Waals surface area contributed by atoms with Gasteiger partial charge in [-0.25, -0.2) is 4.98 Å². The minimum Gasteiger partial charge on any atom is -0.329 e. The lowest BCUT2D eigenvalue weighted by Crippen LogP contribution is -1.89. The second-order valence-electron chi connectivity index (χ2n) is 4.26. The van der Waals surface area contributed by atoms with Crippen molar-refractivity contribution in [3.05, 3.63) is 65.0 Å². The van der Waals surface area contributed by atoms with Crippen LogP contribution in [0.3, 0.4) is 0 Å². The summed E-state index contributed by atoms with van der Waals surface area (Å²) < 4.78 is 1.90. The van der Waals surface area contributed by atoms with E-state index in [0.717, 1.165) is 15.6 Å². The third-order valence-electron chi connectivity index (χ3n) is 2.75. The van der Waals surface area contributed by atoms with Crippen LogP contribution in [0.4, 0.5) is 0 Å². The summed E-state index contributed by atoms with van der Waals surface area (Å²) in [5.74, 6) is 0. The lowest BCUT2D eigenvalue weighted by molar-refractivity contribution is 0.792. The van der Waals surface area contributed by atoms with Gasteiger partial charge in [0.05, 0.1) is 0 Å². The Kier molecular flexibility index (Phi) is 5.43. The molecule has 0 aliphatic carbocycles. The molecule has 4 nitrogen and oxygen atoms in total. The van der Waals surface area contributed by atoms with E-state index in [9.17, 15) is 0 Å². The summed E-state index contributed by atoms with van der Waals surface area (Å²) in [5.41, 5.74) is 0.982. The van der Waals surface area contributed by atoms with E-state index in [1.807, 2.05) is 42.1 Å². The van der Waals surface area contributed by atoms with Crippen LogP contribution in [0.1, 0.15) is 5.56 Å². The summed E-state index contributed by atoms with van der Waals surface area (Å²) in [6.07, 6.45) is 6.81. The molecular formula is C16H11ClN4S. The van der Waals surface area contributed by atoms with Gasteiger partial charge in [0.15, 0.2) is 5.16 Å². The van der Waals surface area contributed by atoms with Gasteiger partial charge in [-0.05, 0) is 29.8 Å². The Morgan fingerprint density at radius 2 is 1.91 bits per heavy atom. The van der Waals surface area contributed by atoms with Crippen LogP contribution in [-0.2, 0) is 7.05 Å². The van der Waals surface area contributed by atoms with Crippen molar-refractivity contribution in [2.24, 2.45) is 7.05 Å². The zero-order chi connectivity index (χ0) is 15.9. The lowest BCUT2D eigenvalue weighted by atomic mass is 10.2. The van der Waals surface area contributed by atoms with Crippen LogP contribution in [-0.4, -0.2) is 9.55 Å². The van der Waals surface area contributed by atoms with Gasteiger partial charge in [0.2, 0.25) is 0 Å². The zero-order valence-corrected chi connectivity index (χ0v) is 13.3. The molecule has 0 bridgehead atoms. The van der Waals surface area contributed by atoms with E-state index in [1.54, 1.807) is 24.4 Å². The summed E-state index contributed by atoms with van der Waals surface area (Å²) in [6, 6.07) is 11.0. The van der Waals surface area contributed by atoms with E-state index >= 15 is 0 Å². The number of rotatable bonds is 4. The average molecular weight is 327 g/mol. The fourth-order valence-electron chi connectivity index (χ4n) is 1.61. The third-order valence-corrected chi connectivity index (χ3v) is 4.17. The first-order chi connectivity index (χ1) is 10.6. The first-order valence-corrected chi connectivity index (χ1v) is 7.47. The number of imidazole rings is 1. The molecule has 0 aliphatic heterocycles. The highest BCUT2D eigenvalue weighted by Crippen LogP contribution is 2.33. The van der Waals surface area contributed by atoms with Gasteiger partial charge in [-0.15, -0.1) is 0 Å². The number of aryl methyl sites for hydroxylation is 1. The Morgan fingerprint density at radius 1 is 1.23 bits per heavy atom. The van der Waals surface area contributed by atoms with Crippen molar-refractivity contribution in [1.29, 1.82) is 10.5 Å². The molecule has 0 aliphatic rings. The molecule has 0 radical (unpaired) electrons. The number of hydrogen-bond acceptors (Lipinski definition) is 4. The lowest BCUT2D eigenvalue weighted by Gasteiger charge is -2.07. The predicted molar refractivity (Wildman–Crippen MR) is 87.8 cm³/mol. The van der Waals surface area contributed by atoms with E-state index in [2.05, 4.69) is 4.98 Å². The zero-order valence-electron chi connectivity index (χ0n) is 11.7. The van der Waals surface area contributed by atoms with Crippen molar-refractivity contribution < 1.29 is 0 Å². The quantitative estimate of drug-likeness (QED) is 0.480. The van der Waals surface area contributed by atoms with Crippen molar-refractivity contribution in [3.8, 4) is 12.1 Å². The van der Waals surface area contributed by atoms with E-state index in [1.165, 1.54) is 17.8 Å². The number of allylic oxidation sites excluding steroid dienone is 3. The molecule has 108 valence electrons. The van der Waals surface area contributed by atoms with E-state index in [4.69, 9.17) is 22.1 Å². The summed E-state index contributed by atoms with van der Waals surface area (Å²) >= 11 is 7.37. The summed E-state index contributed by atoms with van der Waals surface area (Å²) in [7, 11) is 1.90. The van der Waals surface area contributed by atoms with Crippen LogP contribution >= 0.6 is 23.4 Å². The highest BCUT2D eigenvalue weighted by Gasteiger charge is 2.08. The van der Waals surface area contributed by atoms with Gasteiger partial charge in [-0.3, -0.25) is 0 Å². The summed E-state index contributed by atoms with van der Waals surface area (Å²) in [4.78, 5) is 5.14. The number of nitriles is 2. The maximum atomic E-state index is 8.84. The number of halogens is 1. The van der Waals surface area contributed by atoms with Gasteiger partial charge in [0.1, 0.15) is 17.7 Å². The van der Waals surface area contributed by atoms with Gasteiger partial charge in [-0.1, -0.05) is 35.5 Å². The largest absolute Gasteiger partial charge is 0.329 e. The second-order valence-corrected chi connectivity index (χ2v) is 5.71. The molecule has 6 heteroatoms. The molecule has 0 unspecified atom stereocenters. The topological polar surface area (TPSA) is 65.4 Å². The normalized spacial score (nSPS) is 10.6. The second kappa shape index (κ2) is 7.51. The number of nitrogens with zero attached hydrogens (tertiary/aromatic N) is 4. The summed E-state index contributed by atoms with van der Waals surface area (Å²) in [6.45, 7) is 0. The molecule has 0 spiro atoms. The number of benzene rings is 1. The van der Waals surface area contributed by atoms with Crippen molar-refractivity contribution in [2.45, 2.75) is 5.16 Å². The highest BCUT2D eigenvalue weighted by atomic mass is 35.5. The molecule has 0 saturated carbocycles. The monoisotopic (exact) mass is 326 g/mol. The van der Waals surface area contributed by atoms with Crippen molar-refractivity contribution in [1.82, 2.24) is 9.55 Å². The molecule has 0 fully saturated rings. The van der Waals surface area contributed by atoms with E-state index in [-0.39, 0.29) is 5.57 Å². The Balaban J connectivity index is 2.41. The van der Waals surface area contributed by atoms with Gasteiger partial charge >= 0.3 is 0 Å². The Labute approximate surface area is 138 Å². The third kappa shape index (κ3) is 4.02. The maximum Gasteiger partial charge on any atom is 0.172 e. The number of aromatic nitrogens is 2. The van der Waals surface area contributed by atoms with Crippen LogP contribution < -0.4 is 0 Å². The van der Waals surface area contributed by atoms with Crippen molar-refractivity contribution >= 4 is 28.3 Å². The number of thioether (sulfide) groups is 1. The fraction of sp³-hybridized carbons (Fsp3) is 0.0625. The van der Waals surface area contributed by atoms with Gasteiger partial charge < -0.3 is 4.57 Å². The van der Waals surface area contributed by atoms with E-state index in [0.29, 0.717) is 5.02 Å². The predicted octanol–water partition coefficient (Wildman–Crippen LogP) is 4.18. The Morgan fingerprint density at radius 3 is 2.45 bits per heavy atom. The van der Waals surface area contributed by atoms with Crippen molar-refractivity contribution in [3.63, 3.8) is 0 Å². The molecule has 1 heterocycles. The summed E-state index contributed by atoms with van der Waals surface area (Å²) in [5, 5.41) is 19.1. The molecule has 2 rings (SSSR count). The fourth-order valence-corrected chi connectivity index (χ4v) is 2.64. The van der Waals surface area contributed by atoms with Crippen LogP contribution in [0.5, 0.6) is 0 Å². The molecule has 0 saturated heterocycles. The van der Waals surface area contributed by atoms with Gasteiger partial charge in [0.25, 0.3) is 0 Å². The molecule has 0 amide bonds. The molecule has 0 atom stereocenters. The highest BCUT2D eigenvalue weighted by molar-refractivity contribution is 8.08. The standard InChI is InChI=1S/C16H11ClN4S/c1-21-9-8-20-16(21)22-15(7-2-12(10-18)11-19)13-3-5-14(17)6-4-13/h2-9H,1H3/b15-7+. The minimum atomic E-state index is 0.0481.